The zero-order chi connectivity index (χ0) is 26.8. The zero-order valence-electron chi connectivity index (χ0n) is 20.2. The lowest BCUT2D eigenvalue weighted by Gasteiger charge is -2.35. The second-order valence-electron chi connectivity index (χ2n) is 9.09. The first-order valence-corrected chi connectivity index (χ1v) is 12.0. The summed E-state index contributed by atoms with van der Waals surface area (Å²) >= 11 is 0. The van der Waals surface area contributed by atoms with Crippen molar-refractivity contribution in [2.75, 3.05) is 0 Å². The van der Waals surface area contributed by atoms with Crippen molar-refractivity contribution in [3.8, 4) is 0 Å². The largest absolute Gasteiger partial charge is 0.441 e. The average molecular weight is 510 g/mol. The van der Waals surface area contributed by atoms with Gasteiger partial charge in [-0.05, 0) is 47.6 Å². The number of nitrogens with zero attached hydrogens (tertiary/aromatic N) is 2. The molecule has 1 unspecified atom stereocenters. The fourth-order valence-electron chi connectivity index (χ4n) is 5.03. The van der Waals surface area contributed by atoms with E-state index in [0.29, 0.717) is 35.3 Å². The maximum atomic E-state index is 13.7. The number of hydrogen-bond donors (Lipinski definition) is 1. The first kappa shape index (κ1) is 24.6. The van der Waals surface area contributed by atoms with Crippen molar-refractivity contribution in [1.29, 1.82) is 0 Å². The van der Waals surface area contributed by atoms with Gasteiger partial charge >= 0.3 is 0 Å². The predicted octanol–water partition coefficient (Wildman–Crippen LogP) is 6.19. The quantitative estimate of drug-likeness (QED) is 0.237. The molecule has 0 amide bonds. The van der Waals surface area contributed by atoms with E-state index in [1.165, 1.54) is 24.3 Å². The lowest BCUT2D eigenvalue weighted by Crippen LogP contribution is -2.28. The van der Waals surface area contributed by atoms with E-state index in [9.17, 15) is 25.0 Å². The number of carbonyl (C=O) groups excluding carboxylic acids is 1. The van der Waals surface area contributed by atoms with Crippen LogP contribution in [0.4, 0.5) is 11.4 Å². The van der Waals surface area contributed by atoms with Gasteiger partial charge < -0.3 is 10.5 Å². The summed E-state index contributed by atoms with van der Waals surface area (Å²) < 4.78 is 6.12. The number of nitro benzene ring substituents is 2. The van der Waals surface area contributed by atoms with Crippen LogP contribution in [0.15, 0.2) is 107 Å². The highest BCUT2D eigenvalue weighted by atomic mass is 16.6. The summed E-state index contributed by atoms with van der Waals surface area (Å²) in [6, 6.07) is 21.2. The van der Waals surface area contributed by atoms with Crippen molar-refractivity contribution in [3.05, 3.63) is 144 Å². The topological polar surface area (TPSA) is 139 Å². The lowest BCUT2D eigenvalue weighted by atomic mass is 9.74. The molecule has 1 aliphatic carbocycles. The van der Waals surface area contributed by atoms with Gasteiger partial charge in [0.25, 0.3) is 11.4 Å². The van der Waals surface area contributed by atoms with Gasteiger partial charge in [0.15, 0.2) is 11.7 Å². The standard InChI is InChI=1S/C29H23N3O6/c30-29-26(27(33)19-8-2-1-3-9-19)25(20-10-5-13-23(17-20)32(36)37)24-14-6-11-21(28(24)38-29)15-18-7-4-12-22(16-18)31(34)35/h1-5,7-10,12-13,15-17,25H,6,11,14,30H2/b21-15-. The molecule has 2 aliphatic rings. The number of Topliss-reactive ketones (excluding diaryl/α,β-unsaturated/α-hetero) is 1. The molecule has 2 N–H and O–H groups in total. The van der Waals surface area contributed by atoms with Crippen molar-refractivity contribution < 1.29 is 19.4 Å². The molecule has 3 aromatic carbocycles. The minimum Gasteiger partial charge on any atom is -0.441 e. The summed E-state index contributed by atoms with van der Waals surface area (Å²) in [6.45, 7) is 0. The summed E-state index contributed by atoms with van der Waals surface area (Å²) in [4.78, 5) is 35.6. The van der Waals surface area contributed by atoms with E-state index in [2.05, 4.69) is 0 Å². The molecule has 1 atom stereocenters. The summed E-state index contributed by atoms with van der Waals surface area (Å²) in [5.74, 6) is -0.538. The van der Waals surface area contributed by atoms with Crippen LogP contribution >= 0.6 is 0 Å². The third-order valence-corrected chi connectivity index (χ3v) is 6.71. The molecule has 0 fully saturated rings. The van der Waals surface area contributed by atoms with Gasteiger partial charge in [-0.3, -0.25) is 25.0 Å². The summed E-state index contributed by atoms with van der Waals surface area (Å²) in [5, 5.41) is 22.8. The monoisotopic (exact) mass is 509 g/mol. The van der Waals surface area contributed by atoms with E-state index in [4.69, 9.17) is 10.5 Å². The van der Waals surface area contributed by atoms with E-state index in [0.717, 1.165) is 17.6 Å². The number of hydrogen-bond acceptors (Lipinski definition) is 7. The van der Waals surface area contributed by atoms with Crippen molar-refractivity contribution in [3.63, 3.8) is 0 Å². The van der Waals surface area contributed by atoms with Crippen LogP contribution < -0.4 is 5.73 Å². The second-order valence-corrected chi connectivity index (χ2v) is 9.09. The number of non-ortho nitro benzene ring substituents is 2. The first-order valence-electron chi connectivity index (χ1n) is 12.0. The van der Waals surface area contributed by atoms with Gasteiger partial charge in [0.2, 0.25) is 0 Å². The van der Waals surface area contributed by atoms with Gasteiger partial charge in [0.1, 0.15) is 5.76 Å². The highest BCUT2D eigenvalue weighted by molar-refractivity contribution is 6.10. The number of benzene rings is 3. The number of ether oxygens (including phenoxy) is 1. The molecule has 9 heteroatoms. The molecule has 0 bridgehead atoms. The third-order valence-electron chi connectivity index (χ3n) is 6.71. The smallest absolute Gasteiger partial charge is 0.270 e. The van der Waals surface area contributed by atoms with Crippen molar-refractivity contribution in [2.24, 2.45) is 5.73 Å². The lowest BCUT2D eigenvalue weighted by molar-refractivity contribution is -0.385. The number of carbonyl (C=O) groups is 1. The van der Waals surface area contributed by atoms with Gasteiger partial charge in [0.05, 0.1) is 15.4 Å². The second kappa shape index (κ2) is 10.1. The molecule has 3 aromatic rings. The summed E-state index contributed by atoms with van der Waals surface area (Å²) in [7, 11) is 0. The van der Waals surface area contributed by atoms with Crippen LogP contribution in [0.5, 0.6) is 0 Å². The van der Waals surface area contributed by atoms with E-state index < -0.39 is 15.8 Å². The molecule has 38 heavy (non-hydrogen) atoms. The van der Waals surface area contributed by atoms with Crippen LogP contribution in [0.3, 0.4) is 0 Å². The Labute approximate surface area is 217 Å². The van der Waals surface area contributed by atoms with Crippen LogP contribution in [0, 0.1) is 20.2 Å². The molecule has 0 radical (unpaired) electrons. The van der Waals surface area contributed by atoms with Crippen LogP contribution in [0.25, 0.3) is 6.08 Å². The number of rotatable bonds is 6. The Hall–Kier alpha value is -5.05. The Balaban J connectivity index is 1.67. The maximum Gasteiger partial charge on any atom is 0.270 e. The van der Waals surface area contributed by atoms with Gasteiger partial charge in [-0.1, -0.05) is 54.6 Å². The molecule has 5 rings (SSSR count). The fourth-order valence-corrected chi connectivity index (χ4v) is 5.03. The molecule has 0 saturated heterocycles. The fraction of sp³-hybridized carbons (Fsp3) is 0.138. The number of allylic oxidation sites excluding steroid dienone is 3. The van der Waals surface area contributed by atoms with Crippen LogP contribution in [-0.4, -0.2) is 15.6 Å². The van der Waals surface area contributed by atoms with Gasteiger partial charge in [-0.15, -0.1) is 0 Å². The Morgan fingerprint density at radius 3 is 2.29 bits per heavy atom. The van der Waals surface area contributed by atoms with Crippen LogP contribution in [0.2, 0.25) is 0 Å². The van der Waals surface area contributed by atoms with E-state index in [1.807, 2.05) is 6.08 Å². The predicted molar refractivity (Wildman–Crippen MR) is 141 cm³/mol. The molecular weight excluding hydrogens is 486 g/mol. The first-order chi connectivity index (χ1) is 18.3. The highest BCUT2D eigenvalue weighted by Gasteiger charge is 2.39. The van der Waals surface area contributed by atoms with E-state index in [-0.39, 0.29) is 28.6 Å². The molecule has 190 valence electrons. The SMILES string of the molecule is NC1=C(C(=O)c2ccccc2)C(c2cccc([N+](=O)[O-])c2)C2=C(O1)/C(=C\c1cccc([N+](=O)[O-])c1)CCC2. The Kier molecular flexibility index (Phi) is 6.57. The number of ketones is 1. The van der Waals surface area contributed by atoms with Gasteiger partial charge in [-0.25, -0.2) is 0 Å². The average Bonchev–Trinajstić information content (AvgIpc) is 2.93. The maximum absolute atomic E-state index is 13.7. The Bertz CT molecular complexity index is 1560. The minimum absolute atomic E-state index is 0.0291. The van der Waals surface area contributed by atoms with Gasteiger partial charge in [0, 0.05) is 35.7 Å². The molecule has 0 spiro atoms. The van der Waals surface area contributed by atoms with Crippen LogP contribution in [0.1, 0.15) is 46.7 Å². The number of nitrogens with two attached hydrogens (primary N) is 1. The molecule has 1 aliphatic heterocycles. The van der Waals surface area contributed by atoms with Gasteiger partial charge in [-0.2, -0.15) is 0 Å². The molecule has 0 aromatic heterocycles. The van der Waals surface area contributed by atoms with E-state index >= 15 is 0 Å². The molecular formula is C29H23N3O6. The van der Waals surface area contributed by atoms with Crippen molar-refractivity contribution in [2.45, 2.75) is 25.2 Å². The Morgan fingerprint density at radius 1 is 0.895 bits per heavy atom. The molecule has 1 heterocycles. The zero-order valence-corrected chi connectivity index (χ0v) is 20.2. The van der Waals surface area contributed by atoms with E-state index in [1.54, 1.807) is 54.6 Å². The molecule has 9 nitrogen and oxygen atoms in total. The third kappa shape index (κ3) is 4.69. The minimum atomic E-state index is -0.653. The normalized spacial score (nSPS) is 18.1. The Morgan fingerprint density at radius 2 is 1.58 bits per heavy atom. The number of nitro groups is 2. The summed E-state index contributed by atoms with van der Waals surface area (Å²) in [6.07, 6.45) is 3.79. The van der Waals surface area contributed by atoms with Crippen molar-refractivity contribution in [1.82, 2.24) is 0 Å². The van der Waals surface area contributed by atoms with Crippen molar-refractivity contribution >= 4 is 23.2 Å². The van der Waals surface area contributed by atoms with Crippen LogP contribution in [-0.2, 0) is 4.74 Å². The molecule has 0 saturated carbocycles. The highest BCUT2D eigenvalue weighted by Crippen LogP contribution is 2.48. The summed E-state index contributed by atoms with van der Waals surface area (Å²) in [5.41, 5.74) is 9.73.